The predicted octanol–water partition coefficient (Wildman–Crippen LogP) is 1.29. The molecule has 24 heavy (non-hydrogen) atoms. The molecule has 0 spiro atoms. The summed E-state index contributed by atoms with van der Waals surface area (Å²) in [7, 11) is 2.06. The number of fused-ring (bicyclic) bond motifs is 1. The monoisotopic (exact) mass is 327 g/mol. The lowest BCUT2D eigenvalue weighted by Crippen LogP contribution is -2.59. The molecule has 2 aliphatic rings. The molecular formula is C18H25N5O. The highest BCUT2D eigenvalue weighted by Gasteiger charge is 2.37. The normalized spacial score (nSPS) is 25.5. The molecule has 2 aliphatic heterocycles. The summed E-state index contributed by atoms with van der Waals surface area (Å²) in [6.45, 7) is 5.89. The standard InChI is InChI=1S/C18H25N5O/c1-21-14-20-10-16(21)12-22-6-4-18-17(13-22)23(7-8-24-18)11-15-3-2-5-19-9-15/h2-3,5,9-10,14,17-18H,4,6-8,11-13H2,1H3/t17-,18-/m0/s1. The van der Waals surface area contributed by atoms with Gasteiger partial charge in [-0.1, -0.05) is 6.07 Å². The number of ether oxygens (including phenoxy) is 1. The number of hydrogen-bond donors (Lipinski definition) is 0. The van der Waals surface area contributed by atoms with E-state index >= 15 is 0 Å². The fourth-order valence-electron chi connectivity index (χ4n) is 3.84. The van der Waals surface area contributed by atoms with E-state index < -0.39 is 0 Å². The van der Waals surface area contributed by atoms with Crippen molar-refractivity contribution in [2.24, 2.45) is 7.05 Å². The number of nitrogens with zero attached hydrogens (tertiary/aromatic N) is 5. The van der Waals surface area contributed by atoms with E-state index in [1.165, 1.54) is 11.3 Å². The maximum Gasteiger partial charge on any atom is 0.0945 e. The van der Waals surface area contributed by atoms with Crippen LogP contribution in [0.2, 0.25) is 0 Å². The summed E-state index contributed by atoms with van der Waals surface area (Å²) in [5, 5.41) is 0. The summed E-state index contributed by atoms with van der Waals surface area (Å²) in [6, 6.07) is 4.64. The summed E-state index contributed by atoms with van der Waals surface area (Å²) >= 11 is 0. The van der Waals surface area contributed by atoms with Crippen LogP contribution in [0.25, 0.3) is 0 Å². The van der Waals surface area contributed by atoms with Crippen molar-refractivity contribution in [2.75, 3.05) is 26.2 Å². The molecule has 0 aromatic carbocycles. The number of imidazole rings is 1. The Kier molecular flexibility index (Phi) is 4.60. The first kappa shape index (κ1) is 15.7. The van der Waals surface area contributed by atoms with Gasteiger partial charge in [-0.15, -0.1) is 0 Å². The van der Waals surface area contributed by atoms with E-state index in [1.807, 2.05) is 31.0 Å². The third-order valence-corrected chi connectivity index (χ3v) is 5.19. The number of aromatic nitrogens is 3. The van der Waals surface area contributed by atoms with E-state index in [2.05, 4.69) is 37.4 Å². The van der Waals surface area contributed by atoms with Gasteiger partial charge < -0.3 is 9.30 Å². The first-order valence-electron chi connectivity index (χ1n) is 8.72. The second-order valence-corrected chi connectivity index (χ2v) is 6.83. The average molecular weight is 327 g/mol. The quantitative estimate of drug-likeness (QED) is 0.847. The van der Waals surface area contributed by atoms with Crippen LogP contribution in [0, 0.1) is 0 Å². The molecule has 0 unspecified atom stereocenters. The summed E-state index contributed by atoms with van der Waals surface area (Å²) in [4.78, 5) is 13.6. The molecule has 4 rings (SSSR count). The molecular weight excluding hydrogens is 302 g/mol. The Bertz CT molecular complexity index is 658. The Morgan fingerprint density at radius 2 is 2.17 bits per heavy atom. The van der Waals surface area contributed by atoms with Gasteiger partial charge >= 0.3 is 0 Å². The van der Waals surface area contributed by atoms with E-state index in [4.69, 9.17) is 4.74 Å². The van der Waals surface area contributed by atoms with Gasteiger partial charge in [-0.2, -0.15) is 0 Å². The van der Waals surface area contributed by atoms with Crippen molar-refractivity contribution >= 4 is 0 Å². The lowest BCUT2D eigenvalue weighted by Gasteiger charge is -2.47. The number of hydrogen-bond acceptors (Lipinski definition) is 5. The van der Waals surface area contributed by atoms with Gasteiger partial charge in [0.25, 0.3) is 0 Å². The molecule has 6 nitrogen and oxygen atoms in total. The zero-order valence-electron chi connectivity index (χ0n) is 14.2. The maximum absolute atomic E-state index is 6.06. The van der Waals surface area contributed by atoms with Crippen LogP contribution < -0.4 is 0 Å². The van der Waals surface area contributed by atoms with Crippen LogP contribution in [0.3, 0.4) is 0 Å². The molecule has 128 valence electrons. The Hall–Kier alpha value is -1.76. The minimum absolute atomic E-state index is 0.359. The lowest BCUT2D eigenvalue weighted by atomic mass is 9.98. The van der Waals surface area contributed by atoms with Crippen molar-refractivity contribution < 1.29 is 4.74 Å². The number of pyridine rings is 1. The van der Waals surface area contributed by atoms with Gasteiger partial charge in [0.2, 0.25) is 0 Å². The van der Waals surface area contributed by atoms with Gasteiger partial charge in [0.15, 0.2) is 0 Å². The van der Waals surface area contributed by atoms with Crippen molar-refractivity contribution in [3.8, 4) is 0 Å². The Balaban J connectivity index is 1.44. The molecule has 0 saturated carbocycles. The minimum atomic E-state index is 0.359. The van der Waals surface area contributed by atoms with Crippen LogP contribution in [0.1, 0.15) is 17.7 Å². The summed E-state index contributed by atoms with van der Waals surface area (Å²) in [5.41, 5.74) is 2.55. The van der Waals surface area contributed by atoms with Crippen molar-refractivity contribution in [1.29, 1.82) is 0 Å². The van der Waals surface area contributed by atoms with Crippen LogP contribution in [-0.2, 0) is 24.9 Å². The van der Waals surface area contributed by atoms with Gasteiger partial charge in [0.1, 0.15) is 0 Å². The van der Waals surface area contributed by atoms with E-state index in [9.17, 15) is 0 Å². The largest absolute Gasteiger partial charge is 0.375 e. The molecule has 2 atom stereocenters. The van der Waals surface area contributed by atoms with Crippen LogP contribution in [-0.4, -0.2) is 62.7 Å². The molecule has 0 amide bonds. The number of likely N-dealkylation sites (tertiary alicyclic amines) is 1. The first-order chi connectivity index (χ1) is 11.8. The second kappa shape index (κ2) is 7.01. The molecule has 0 radical (unpaired) electrons. The SMILES string of the molecule is Cn1cncc1CN1CC[C@@H]2OCCN(Cc3cccnc3)[C@H]2C1. The Morgan fingerprint density at radius 1 is 1.21 bits per heavy atom. The van der Waals surface area contributed by atoms with Crippen LogP contribution in [0.5, 0.6) is 0 Å². The zero-order chi connectivity index (χ0) is 16.4. The highest BCUT2D eigenvalue weighted by Crippen LogP contribution is 2.25. The fraction of sp³-hybridized carbons (Fsp3) is 0.556. The summed E-state index contributed by atoms with van der Waals surface area (Å²) in [5.74, 6) is 0. The zero-order valence-corrected chi connectivity index (χ0v) is 14.2. The maximum atomic E-state index is 6.06. The molecule has 0 N–H and O–H groups in total. The third kappa shape index (κ3) is 3.36. The Morgan fingerprint density at radius 3 is 2.96 bits per heavy atom. The van der Waals surface area contributed by atoms with Gasteiger partial charge in [-0.05, 0) is 18.1 Å². The lowest BCUT2D eigenvalue weighted by molar-refractivity contribution is -0.107. The van der Waals surface area contributed by atoms with Gasteiger partial charge in [0, 0.05) is 64.4 Å². The van der Waals surface area contributed by atoms with Gasteiger partial charge in [-0.3, -0.25) is 14.8 Å². The van der Waals surface area contributed by atoms with E-state index in [0.29, 0.717) is 12.1 Å². The van der Waals surface area contributed by atoms with Crippen LogP contribution >= 0.6 is 0 Å². The molecule has 6 heteroatoms. The molecule has 2 aromatic heterocycles. The Labute approximate surface area is 143 Å². The topological polar surface area (TPSA) is 46.4 Å². The predicted molar refractivity (Wildman–Crippen MR) is 91.3 cm³/mol. The molecule has 2 fully saturated rings. The highest BCUT2D eigenvalue weighted by atomic mass is 16.5. The number of aryl methyl sites for hydroxylation is 1. The van der Waals surface area contributed by atoms with Crippen molar-refractivity contribution in [3.05, 3.63) is 48.3 Å². The molecule has 0 bridgehead atoms. The van der Waals surface area contributed by atoms with Crippen molar-refractivity contribution in [3.63, 3.8) is 0 Å². The van der Waals surface area contributed by atoms with E-state index in [1.54, 1.807) is 0 Å². The smallest absolute Gasteiger partial charge is 0.0945 e. The number of piperidine rings is 1. The average Bonchev–Trinajstić information content (AvgIpc) is 3.01. The summed E-state index contributed by atoms with van der Waals surface area (Å²) < 4.78 is 8.16. The fourth-order valence-corrected chi connectivity index (χ4v) is 3.84. The molecule has 2 saturated heterocycles. The van der Waals surface area contributed by atoms with Crippen molar-refractivity contribution in [2.45, 2.75) is 31.7 Å². The minimum Gasteiger partial charge on any atom is -0.375 e. The van der Waals surface area contributed by atoms with Crippen LogP contribution in [0.4, 0.5) is 0 Å². The first-order valence-corrected chi connectivity index (χ1v) is 8.72. The number of rotatable bonds is 4. The second-order valence-electron chi connectivity index (χ2n) is 6.83. The third-order valence-electron chi connectivity index (χ3n) is 5.19. The molecule has 0 aliphatic carbocycles. The molecule has 2 aromatic rings. The van der Waals surface area contributed by atoms with Crippen LogP contribution in [0.15, 0.2) is 37.1 Å². The van der Waals surface area contributed by atoms with E-state index in [-0.39, 0.29) is 0 Å². The highest BCUT2D eigenvalue weighted by molar-refractivity contribution is 5.09. The van der Waals surface area contributed by atoms with Gasteiger partial charge in [0.05, 0.1) is 24.7 Å². The summed E-state index contributed by atoms with van der Waals surface area (Å²) in [6.07, 6.45) is 9.12. The number of morpholine rings is 1. The van der Waals surface area contributed by atoms with Gasteiger partial charge in [-0.25, -0.2) is 4.98 Å². The van der Waals surface area contributed by atoms with E-state index in [0.717, 1.165) is 45.8 Å². The van der Waals surface area contributed by atoms with Crippen molar-refractivity contribution in [1.82, 2.24) is 24.3 Å². The molecule has 4 heterocycles.